The van der Waals surface area contributed by atoms with E-state index in [-0.39, 0.29) is 24.4 Å². The van der Waals surface area contributed by atoms with Crippen molar-refractivity contribution in [1.29, 1.82) is 0 Å². The summed E-state index contributed by atoms with van der Waals surface area (Å²) in [5, 5.41) is 2.67. The van der Waals surface area contributed by atoms with Crippen molar-refractivity contribution < 1.29 is 27.1 Å². The molecule has 0 aliphatic carbocycles. The maximum Gasteiger partial charge on any atom is 0.243 e. The molecule has 1 saturated heterocycles. The zero-order chi connectivity index (χ0) is 20.9. The van der Waals surface area contributed by atoms with Crippen LogP contribution in [-0.2, 0) is 19.6 Å². The monoisotopic (exact) mass is 423 g/mol. The van der Waals surface area contributed by atoms with Gasteiger partial charge in [-0.15, -0.1) is 0 Å². The standard InChI is InChI=1S/C19H22FN3O5S/c1-27-10-9-22-19(24)18-11-16(28-15-3-2-8-21-12-15)13-23(18)29(25,26)17-6-4-14(20)5-7-17/h2-8,12,16,18H,9-11,13H2,1H3,(H,22,24)/t16-,18+/m0/s1. The van der Waals surface area contributed by atoms with Crippen molar-refractivity contribution in [1.82, 2.24) is 14.6 Å². The van der Waals surface area contributed by atoms with Crippen LogP contribution in [0, 0.1) is 5.82 Å². The third kappa shape index (κ3) is 5.08. The zero-order valence-corrected chi connectivity index (χ0v) is 16.6. The van der Waals surface area contributed by atoms with Crippen molar-refractivity contribution in [2.24, 2.45) is 0 Å². The van der Waals surface area contributed by atoms with Gasteiger partial charge in [-0.3, -0.25) is 9.78 Å². The maximum atomic E-state index is 13.2. The second-order valence-corrected chi connectivity index (χ2v) is 8.38. The molecular formula is C19H22FN3O5S. The number of hydrogen-bond acceptors (Lipinski definition) is 6. The molecule has 156 valence electrons. The van der Waals surface area contributed by atoms with E-state index >= 15 is 0 Å². The van der Waals surface area contributed by atoms with E-state index in [1.807, 2.05) is 0 Å². The van der Waals surface area contributed by atoms with Crippen LogP contribution >= 0.6 is 0 Å². The van der Waals surface area contributed by atoms with Crippen molar-refractivity contribution in [2.45, 2.75) is 23.5 Å². The average molecular weight is 423 g/mol. The summed E-state index contributed by atoms with van der Waals surface area (Å²) >= 11 is 0. The third-order valence-electron chi connectivity index (χ3n) is 4.48. The normalized spacial score (nSPS) is 19.8. The topological polar surface area (TPSA) is 97.8 Å². The van der Waals surface area contributed by atoms with Crippen molar-refractivity contribution in [3.05, 3.63) is 54.6 Å². The number of nitrogens with one attached hydrogen (secondary N) is 1. The minimum absolute atomic E-state index is 0.0169. The van der Waals surface area contributed by atoms with Crippen molar-refractivity contribution in [3.8, 4) is 5.75 Å². The molecule has 2 aromatic rings. The number of benzene rings is 1. The molecule has 2 atom stereocenters. The number of carbonyl (C=O) groups excluding carboxylic acids is 1. The van der Waals surface area contributed by atoms with Gasteiger partial charge < -0.3 is 14.8 Å². The lowest BCUT2D eigenvalue weighted by molar-refractivity contribution is -0.124. The second-order valence-electron chi connectivity index (χ2n) is 6.49. The molecule has 1 aromatic carbocycles. The molecule has 1 aromatic heterocycles. The lowest BCUT2D eigenvalue weighted by Gasteiger charge is -2.23. The molecule has 0 unspecified atom stereocenters. The molecule has 29 heavy (non-hydrogen) atoms. The fourth-order valence-corrected chi connectivity index (χ4v) is 4.73. The highest BCUT2D eigenvalue weighted by Crippen LogP contribution is 2.29. The number of hydrogen-bond donors (Lipinski definition) is 1. The Labute approximate surface area is 168 Å². The van der Waals surface area contributed by atoms with E-state index in [9.17, 15) is 17.6 Å². The fraction of sp³-hybridized carbons (Fsp3) is 0.368. The first kappa shape index (κ1) is 21.2. The number of halogens is 1. The molecule has 0 saturated carbocycles. The summed E-state index contributed by atoms with van der Waals surface area (Å²) in [5.74, 6) is -0.501. The van der Waals surface area contributed by atoms with Gasteiger partial charge >= 0.3 is 0 Å². The number of carbonyl (C=O) groups is 1. The van der Waals surface area contributed by atoms with Crippen LogP contribution in [0.4, 0.5) is 4.39 Å². The minimum atomic E-state index is -4.03. The molecule has 1 aliphatic rings. The maximum absolute atomic E-state index is 13.2. The predicted molar refractivity (Wildman–Crippen MR) is 102 cm³/mol. The van der Waals surface area contributed by atoms with Crippen LogP contribution in [0.15, 0.2) is 53.7 Å². The van der Waals surface area contributed by atoms with Crippen molar-refractivity contribution >= 4 is 15.9 Å². The molecular weight excluding hydrogens is 401 g/mol. The Morgan fingerprint density at radius 2 is 2.07 bits per heavy atom. The van der Waals surface area contributed by atoms with Gasteiger partial charge in [0, 0.05) is 26.3 Å². The van der Waals surface area contributed by atoms with Gasteiger partial charge in [-0.25, -0.2) is 12.8 Å². The first-order valence-corrected chi connectivity index (χ1v) is 10.5. The minimum Gasteiger partial charge on any atom is -0.487 e. The molecule has 1 N–H and O–H groups in total. The van der Waals surface area contributed by atoms with Crippen LogP contribution in [0.5, 0.6) is 5.75 Å². The van der Waals surface area contributed by atoms with Gasteiger partial charge in [-0.2, -0.15) is 4.31 Å². The molecule has 2 heterocycles. The van der Waals surface area contributed by atoms with E-state index in [2.05, 4.69) is 10.3 Å². The molecule has 0 spiro atoms. The molecule has 1 amide bonds. The van der Waals surface area contributed by atoms with Gasteiger partial charge in [-0.05, 0) is 36.4 Å². The summed E-state index contributed by atoms with van der Waals surface area (Å²) in [6.45, 7) is 0.542. The molecule has 0 radical (unpaired) electrons. The summed E-state index contributed by atoms with van der Waals surface area (Å²) < 4.78 is 51.3. The lowest BCUT2D eigenvalue weighted by Crippen LogP contribution is -2.46. The summed E-state index contributed by atoms with van der Waals surface area (Å²) in [5.41, 5.74) is 0. The Morgan fingerprint density at radius 3 is 2.72 bits per heavy atom. The molecule has 1 aliphatic heterocycles. The Kier molecular flexibility index (Phi) is 6.78. The Hall–Kier alpha value is -2.56. The van der Waals surface area contributed by atoms with E-state index in [0.29, 0.717) is 12.4 Å². The highest BCUT2D eigenvalue weighted by Gasteiger charge is 2.44. The van der Waals surface area contributed by atoms with Crippen LogP contribution in [0.3, 0.4) is 0 Å². The number of methoxy groups -OCH3 is 1. The van der Waals surface area contributed by atoms with E-state index in [0.717, 1.165) is 16.4 Å². The van der Waals surface area contributed by atoms with Gasteiger partial charge in [0.05, 0.1) is 24.2 Å². The van der Waals surface area contributed by atoms with E-state index in [4.69, 9.17) is 9.47 Å². The second kappa shape index (κ2) is 9.29. The number of nitrogens with zero attached hydrogens (tertiary/aromatic N) is 2. The van der Waals surface area contributed by atoms with Crippen LogP contribution in [-0.4, -0.2) is 62.6 Å². The SMILES string of the molecule is COCCNC(=O)[C@H]1C[C@H](Oc2cccnc2)CN1S(=O)(=O)c1ccc(F)cc1. The van der Waals surface area contributed by atoms with Crippen LogP contribution in [0.2, 0.25) is 0 Å². The first-order chi connectivity index (χ1) is 13.9. The highest BCUT2D eigenvalue weighted by molar-refractivity contribution is 7.89. The number of aromatic nitrogens is 1. The number of amides is 1. The zero-order valence-electron chi connectivity index (χ0n) is 15.8. The summed E-state index contributed by atoms with van der Waals surface area (Å²) in [6.07, 6.45) is 2.75. The van der Waals surface area contributed by atoms with E-state index in [1.54, 1.807) is 18.3 Å². The largest absolute Gasteiger partial charge is 0.487 e. The third-order valence-corrected chi connectivity index (χ3v) is 6.37. The molecule has 3 rings (SSSR count). The summed E-state index contributed by atoms with van der Waals surface area (Å²) in [6, 6.07) is 6.95. The van der Waals surface area contributed by atoms with Gasteiger partial charge in [-0.1, -0.05) is 0 Å². The van der Waals surface area contributed by atoms with E-state index < -0.39 is 33.9 Å². The predicted octanol–water partition coefficient (Wildman–Crippen LogP) is 1.19. The molecule has 8 nitrogen and oxygen atoms in total. The van der Waals surface area contributed by atoms with Gasteiger partial charge in [0.25, 0.3) is 0 Å². The fourth-order valence-electron chi connectivity index (χ4n) is 3.10. The Bertz CT molecular complexity index is 925. The van der Waals surface area contributed by atoms with Gasteiger partial charge in [0.1, 0.15) is 23.7 Å². The first-order valence-electron chi connectivity index (χ1n) is 9.02. The summed E-state index contributed by atoms with van der Waals surface area (Å²) in [7, 11) is -2.52. The van der Waals surface area contributed by atoms with Crippen LogP contribution in [0.1, 0.15) is 6.42 Å². The molecule has 1 fully saturated rings. The van der Waals surface area contributed by atoms with Gasteiger partial charge in [0.2, 0.25) is 15.9 Å². The molecule has 10 heteroatoms. The Balaban J connectivity index is 1.83. The Morgan fingerprint density at radius 1 is 1.31 bits per heavy atom. The number of sulfonamides is 1. The number of rotatable bonds is 8. The van der Waals surface area contributed by atoms with Crippen molar-refractivity contribution in [2.75, 3.05) is 26.8 Å². The van der Waals surface area contributed by atoms with Crippen LogP contribution < -0.4 is 10.1 Å². The lowest BCUT2D eigenvalue weighted by atomic mass is 10.2. The highest BCUT2D eigenvalue weighted by atomic mass is 32.2. The van der Waals surface area contributed by atoms with Crippen molar-refractivity contribution in [3.63, 3.8) is 0 Å². The smallest absolute Gasteiger partial charge is 0.243 e. The number of ether oxygens (including phenoxy) is 2. The van der Waals surface area contributed by atoms with Crippen LogP contribution in [0.25, 0.3) is 0 Å². The quantitative estimate of drug-likeness (QED) is 0.641. The summed E-state index contributed by atoms with van der Waals surface area (Å²) in [4.78, 5) is 16.5. The van der Waals surface area contributed by atoms with Gasteiger partial charge in [0.15, 0.2) is 0 Å². The number of pyridine rings is 1. The average Bonchev–Trinajstić information content (AvgIpc) is 3.14. The van der Waals surface area contributed by atoms with E-state index in [1.165, 1.54) is 25.4 Å². The molecule has 0 bridgehead atoms.